The van der Waals surface area contributed by atoms with Gasteiger partial charge in [0.1, 0.15) is 0 Å². The number of hydrogen-bond donors (Lipinski definition) is 1. The fourth-order valence-corrected chi connectivity index (χ4v) is 1.72. The van der Waals surface area contributed by atoms with Crippen LogP contribution in [0.2, 0.25) is 0 Å². The van der Waals surface area contributed by atoms with E-state index in [0.29, 0.717) is 6.04 Å². The van der Waals surface area contributed by atoms with Gasteiger partial charge in [-0.1, -0.05) is 48.0 Å². The molecule has 16 heavy (non-hydrogen) atoms. The van der Waals surface area contributed by atoms with Crippen molar-refractivity contribution in [1.29, 1.82) is 0 Å². The second-order valence-corrected chi connectivity index (χ2v) is 4.14. The summed E-state index contributed by atoms with van der Waals surface area (Å²) in [5.74, 6) is 0. The summed E-state index contributed by atoms with van der Waals surface area (Å²) in [5.41, 5.74) is 3.78. The second-order valence-electron chi connectivity index (χ2n) is 4.14. The van der Waals surface area contributed by atoms with Crippen LogP contribution in [0.25, 0.3) is 0 Å². The van der Waals surface area contributed by atoms with E-state index in [0.717, 1.165) is 5.69 Å². The summed E-state index contributed by atoms with van der Waals surface area (Å²) in [5, 5.41) is 3.48. The quantitative estimate of drug-likeness (QED) is 0.803. The summed E-state index contributed by atoms with van der Waals surface area (Å²) < 4.78 is 0. The van der Waals surface area contributed by atoms with Crippen molar-refractivity contribution in [2.75, 3.05) is 5.32 Å². The molecule has 0 amide bonds. The molecule has 1 atom stereocenters. The Kier molecular flexibility index (Phi) is 3.25. The third-order valence-corrected chi connectivity index (χ3v) is 2.73. The van der Waals surface area contributed by atoms with Gasteiger partial charge < -0.3 is 5.32 Å². The zero-order valence-corrected chi connectivity index (χ0v) is 9.77. The fourth-order valence-electron chi connectivity index (χ4n) is 1.72. The van der Waals surface area contributed by atoms with Crippen LogP contribution in [0, 0.1) is 6.92 Å². The maximum atomic E-state index is 3.48. The van der Waals surface area contributed by atoms with Crippen LogP contribution in [0.5, 0.6) is 0 Å². The van der Waals surface area contributed by atoms with E-state index in [1.807, 2.05) is 18.2 Å². The first-order valence-corrected chi connectivity index (χ1v) is 5.64. The largest absolute Gasteiger partial charge is 0.379 e. The highest BCUT2D eigenvalue weighted by Crippen LogP contribution is 2.18. The number of para-hydroxylation sites is 1. The van der Waals surface area contributed by atoms with Gasteiger partial charge in [-0.3, -0.25) is 0 Å². The lowest BCUT2D eigenvalue weighted by molar-refractivity contribution is 0.884. The number of benzene rings is 2. The van der Waals surface area contributed by atoms with E-state index in [4.69, 9.17) is 0 Å². The maximum absolute atomic E-state index is 3.48. The van der Waals surface area contributed by atoms with E-state index in [-0.39, 0.29) is 0 Å². The van der Waals surface area contributed by atoms with Crippen molar-refractivity contribution in [2.24, 2.45) is 0 Å². The molecule has 0 bridgehead atoms. The first-order valence-electron chi connectivity index (χ1n) is 5.64. The molecule has 0 spiro atoms. The maximum Gasteiger partial charge on any atom is 0.0485 e. The van der Waals surface area contributed by atoms with Crippen LogP contribution < -0.4 is 5.32 Å². The van der Waals surface area contributed by atoms with Gasteiger partial charge in [0, 0.05) is 11.7 Å². The molecule has 0 saturated heterocycles. The lowest BCUT2D eigenvalue weighted by Crippen LogP contribution is -2.06. The summed E-state index contributed by atoms with van der Waals surface area (Å²) >= 11 is 0. The normalized spacial score (nSPS) is 12.1. The Hall–Kier alpha value is -1.76. The van der Waals surface area contributed by atoms with Crippen LogP contribution in [0.15, 0.2) is 54.6 Å². The molecule has 0 aliphatic heterocycles. The van der Waals surface area contributed by atoms with Gasteiger partial charge in [-0.2, -0.15) is 0 Å². The third kappa shape index (κ3) is 2.63. The van der Waals surface area contributed by atoms with E-state index in [1.54, 1.807) is 0 Å². The van der Waals surface area contributed by atoms with Gasteiger partial charge >= 0.3 is 0 Å². The standard InChI is InChI=1S/C15H17N/c1-12-8-10-14(11-9-12)13(2)16-15-6-4-3-5-7-15/h3-11,13,16H,1-2H3/t13-/m1/s1. The Morgan fingerprint density at radius 3 is 2.12 bits per heavy atom. The molecular weight excluding hydrogens is 194 g/mol. The molecule has 0 heterocycles. The first-order chi connectivity index (χ1) is 7.75. The second kappa shape index (κ2) is 4.84. The van der Waals surface area contributed by atoms with E-state index in [2.05, 4.69) is 55.6 Å². The summed E-state index contributed by atoms with van der Waals surface area (Å²) in [7, 11) is 0. The third-order valence-electron chi connectivity index (χ3n) is 2.73. The van der Waals surface area contributed by atoms with Crippen molar-refractivity contribution in [3.05, 3.63) is 65.7 Å². The highest BCUT2D eigenvalue weighted by molar-refractivity contribution is 5.45. The topological polar surface area (TPSA) is 12.0 Å². The van der Waals surface area contributed by atoms with Gasteiger partial charge in [0.05, 0.1) is 0 Å². The molecule has 2 aromatic rings. The minimum Gasteiger partial charge on any atom is -0.379 e. The number of anilines is 1. The van der Waals surface area contributed by atoms with Gasteiger partial charge in [0.15, 0.2) is 0 Å². The number of rotatable bonds is 3. The number of hydrogen-bond acceptors (Lipinski definition) is 1. The molecule has 2 aromatic carbocycles. The molecular formula is C15H17N. The summed E-state index contributed by atoms with van der Waals surface area (Å²) in [6, 6.07) is 19.3. The molecule has 0 aliphatic rings. The molecule has 0 aliphatic carbocycles. The Morgan fingerprint density at radius 2 is 1.50 bits per heavy atom. The molecule has 0 radical (unpaired) electrons. The average Bonchev–Trinajstić information content (AvgIpc) is 2.31. The van der Waals surface area contributed by atoms with Crippen molar-refractivity contribution >= 4 is 5.69 Å². The predicted octanol–water partition coefficient (Wildman–Crippen LogP) is 4.17. The Balaban J connectivity index is 2.09. The van der Waals surface area contributed by atoms with Gasteiger partial charge in [-0.15, -0.1) is 0 Å². The smallest absolute Gasteiger partial charge is 0.0485 e. The molecule has 82 valence electrons. The van der Waals surface area contributed by atoms with Crippen LogP contribution >= 0.6 is 0 Å². The molecule has 2 rings (SSSR count). The van der Waals surface area contributed by atoms with E-state index in [9.17, 15) is 0 Å². The fraction of sp³-hybridized carbons (Fsp3) is 0.200. The van der Waals surface area contributed by atoms with Gasteiger partial charge in [0.25, 0.3) is 0 Å². The predicted molar refractivity (Wildman–Crippen MR) is 69.7 cm³/mol. The summed E-state index contributed by atoms with van der Waals surface area (Å²) in [6.45, 7) is 4.29. The molecule has 0 fully saturated rings. The van der Waals surface area contributed by atoms with Crippen LogP contribution in [0.3, 0.4) is 0 Å². The molecule has 1 heteroatoms. The zero-order chi connectivity index (χ0) is 11.4. The highest BCUT2D eigenvalue weighted by Gasteiger charge is 2.03. The number of nitrogens with one attached hydrogen (secondary N) is 1. The highest BCUT2D eigenvalue weighted by atomic mass is 14.9. The SMILES string of the molecule is Cc1ccc([C@@H](C)Nc2ccccc2)cc1. The molecule has 1 nitrogen and oxygen atoms in total. The van der Waals surface area contributed by atoms with Crippen molar-refractivity contribution in [1.82, 2.24) is 0 Å². The molecule has 0 unspecified atom stereocenters. The Bertz CT molecular complexity index is 431. The van der Waals surface area contributed by atoms with E-state index < -0.39 is 0 Å². The van der Waals surface area contributed by atoms with Gasteiger partial charge in [0.2, 0.25) is 0 Å². The van der Waals surface area contributed by atoms with E-state index >= 15 is 0 Å². The van der Waals surface area contributed by atoms with Crippen molar-refractivity contribution in [2.45, 2.75) is 19.9 Å². The Labute approximate surface area is 97.1 Å². The first kappa shape index (κ1) is 10.7. The Morgan fingerprint density at radius 1 is 0.875 bits per heavy atom. The van der Waals surface area contributed by atoms with Crippen molar-refractivity contribution < 1.29 is 0 Å². The molecule has 0 aromatic heterocycles. The van der Waals surface area contributed by atoms with Crippen LogP contribution in [0.1, 0.15) is 24.1 Å². The van der Waals surface area contributed by atoms with Crippen LogP contribution in [-0.2, 0) is 0 Å². The average molecular weight is 211 g/mol. The molecule has 0 saturated carbocycles. The minimum atomic E-state index is 0.336. The monoisotopic (exact) mass is 211 g/mol. The van der Waals surface area contributed by atoms with E-state index in [1.165, 1.54) is 11.1 Å². The molecule has 1 N–H and O–H groups in total. The van der Waals surface area contributed by atoms with Gasteiger partial charge in [-0.05, 0) is 31.5 Å². The van der Waals surface area contributed by atoms with Crippen LogP contribution in [0.4, 0.5) is 5.69 Å². The van der Waals surface area contributed by atoms with Crippen molar-refractivity contribution in [3.63, 3.8) is 0 Å². The van der Waals surface area contributed by atoms with Crippen LogP contribution in [-0.4, -0.2) is 0 Å². The zero-order valence-electron chi connectivity index (χ0n) is 9.77. The number of aryl methyl sites for hydroxylation is 1. The van der Waals surface area contributed by atoms with Crippen molar-refractivity contribution in [3.8, 4) is 0 Å². The summed E-state index contributed by atoms with van der Waals surface area (Å²) in [4.78, 5) is 0. The minimum absolute atomic E-state index is 0.336. The van der Waals surface area contributed by atoms with Gasteiger partial charge in [-0.25, -0.2) is 0 Å². The lowest BCUT2D eigenvalue weighted by Gasteiger charge is -2.15. The lowest BCUT2D eigenvalue weighted by atomic mass is 10.1. The summed E-state index contributed by atoms with van der Waals surface area (Å²) in [6.07, 6.45) is 0.